The van der Waals surface area contributed by atoms with Crippen molar-refractivity contribution >= 4 is 17.5 Å². The Kier molecular flexibility index (Phi) is 6.51. The number of rotatable bonds is 8. The van der Waals surface area contributed by atoms with Crippen molar-refractivity contribution in [3.63, 3.8) is 0 Å². The predicted octanol–water partition coefficient (Wildman–Crippen LogP) is 4.49. The van der Waals surface area contributed by atoms with Gasteiger partial charge >= 0.3 is 0 Å². The maximum absolute atomic E-state index is 12.3. The number of ether oxygens (including phenoxy) is 2. The highest BCUT2D eigenvalue weighted by Crippen LogP contribution is 2.30. The first-order valence-corrected chi connectivity index (χ1v) is 9.16. The van der Waals surface area contributed by atoms with Crippen molar-refractivity contribution in [1.82, 2.24) is 0 Å². The maximum atomic E-state index is 12.3. The molecule has 8 nitrogen and oxygen atoms in total. The summed E-state index contributed by atoms with van der Waals surface area (Å²) in [5, 5.41) is 29.8. The Morgan fingerprint density at radius 1 is 1.03 bits per heavy atom. The molecule has 3 aromatic rings. The molecule has 0 fully saturated rings. The molecule has 0 bridgehead atoms. The highest BCUT2D eigenvalue weighted by atomic mass is 16.6. The Labute approximate surface area is 177 Å². The van der Waals surface area contributed by atoms with Gasteiger partial charge in [0, 0.05) is 18.2 Å². The van der Waals surface area contributed by atoms with Gasteiger partial charge in [0.1, 0.15) is 18.1 Å². The van der Waals surface area contributed by atoms with E-state index in [2.05, 4.69) is 0 Å². The summed E-state index contributed by atoms with van der Waals surface area (Å²) in [4.78, 5) is 22.5. The first-order valence-electron chi connectivity index (χ1n) is 9.16. The van der Waals surface area contributed by atoms with Crippen molar-refractivity contribution in [2.45, 2.75) is 6.61 Å². The lowest BCUT2D eigenvalue weighted by Crippen LogP contribution is -1.98. The highest BCUT2D eigenvalue weighted by Gasteiger charge is 2.10. The van der Waals surface area contributed by atoms with Crippen LogP contribution in [0.5, 0.6) is 23.0 Å². The number of phenols is 2. The SMILES string of the molecule is COc1cc(/C=C/C(=O)c2ccc(O)cc2O)ccc1OCc1ccc([N+](=O)[O-])cc1. The summed E-state index contributed by atoms with van der Waals surface area (Å²) in [6.45, 7) is 0.197. The third kappa shape index (κ3) is 5.39. The number of aromatic hydroxyl groups is 2. The number of non-ortho nitro benzene ring substituents is 1. The van der Waals surface area contributed by atoms with Crippen LogP contribution in [0.4, 0.5) is 5.69 Å². The van der Waals surface area contributed by atoms with Gasteiger partial charge in [0.2, 0.25) is 0 Å². The van der Waals surface area contributed by atoms with Crippen LogP contribution in [0.25, 0.3) is 6.08 Å². The molecule has 0 unspecified atom stereocenters. The number of carbonyl (C=O) groups is 1. The van der Waals surface area contributed by atoms with E-state index in [9.17, 15) is 25.1 Å². The molecule has 3 aromatic carbocycles. The fourth-order valence-electron chi connectivity index (χ4n) is 2.77. The number of nitro groups is 1. The topological polar surface area (TPSA) is 119 Å². The van der Waals surface area contributed by atoms with Gasteiger partial charge in [-0.25, -0.2) is 0 Å². The van der Waals surface area contributed by atoms with Gasteiger partial charge in [-0.2, -0.15) is 0 Å². The number of hydrogen-bond acceptors (Lipinski definition) is 7. The summed E-state index contributed by atoms with van der Waals surface area (Å²) < 4.78 is 11.1. The van der Waals surface area contributed by atoms with Gasteiger partial charge in [0.15, 0.2) is 17.3 Å². The number of nitro benzene ring substituents is 1. The van der Waals surface area contributed by atoms with E-state index >= 15 is 0 Å². The monoisotopic (exact) mass is 421 g/mol. The molecule has 0 saturated heterocycles. The second kappa shape index (κ2) is 9.45. The molecule has 0 aliphatic carbocycles. The molecule has 0 heterocycles. The Bertz CT molecular complexity index is 1140. The fraction of sp³-hybridized carbons (Fsp3) is 0.0870. The molecule has 0 amide bonds. The Hall–Kier alpha value is -4.33. The minimum absolute atomic E-state index is 0.00707. The van der Waals surface area contributed by atoms with Crippen molar-refractivity contribution in [3.05, 3.63) is 93.5 Å². The zero-order chi connectivity index (χ0) is 22.4. The van der Waals surface area contributed by atoms with E-state index in [1.165, 1.54) is 37.5 Å². The maximum Gasteiger partial charge on any atom is 0.269 e. The summed E-state index contributed by atoms with van der Waals surface area (Å²) in [6, 6.07) is 14.9. The highest BCUT2D eigenvalue weighted by molar-refractivity contribution is 6.08. The summed E-state index contributed by atoms with van der Waals surface area (Å²) in [5.74, 6) is 0.0637. The average molecular weight is 421 g/mol. The molecule has 0 aliphatic heterocycles. The smallest absolute Gasteiger partial charge is 0.269 e. The first-order chi connectivity index (χ1) is 14.9. The van der Waals surface area contributed by atoms with Gasteiger partial charge in [-0.05, 0) is 53.6 Å². The quantitative estimate of drug-likeness (QED) is 0.238. The van der Waals surface area contributed by atoms with Crippen LogP contribution < -0.4 is 9.47 Å². The number of allylic oxidation sites excluding steroid dienone is 1. The van der Waals surface area contributed by atoms with Crippen molar-refractivity contribution in [1.29, 1.82) is 0 Å². The van der Waals surface area contributed by atoms with Gasteiger partial charge in [-0.15, -0.1) is 0 Å². The average Bonchev–Trinajstić information content (AvgIpc) is 2.76. The largest absolute Gasteiger partial charge is 0.508 e. The second-order valence-electron chi connectivity index (χ2n) is 6.52. The fourth-order valence-corrected chi connectivity index (χ4v) is 2.77. The molecule has 0 saturated carbocycles. The minimum Gasteiger partial charge on any atom is -0.508 e. The lowest BCUT2D eigenvalue weighted by Gasteiger charge is -2.11. The molecule has 158 valence electrons. The molecule has 0 atom stereocenters. The molecule has 31 heavy (non-hydrogen) atoms. The third-order valence-electron chi connectivity index (χ3n) is 4.40. The summed E-state index contributed by atoms with van der Waals surface area (Å²) in [6.07, 6.45) is 2.87. The Morgan fingerprint density at radius 2 is 1.77 bits per heavy atom. The Morgan fingerprint density at radius 3 is 2.42 bits per heavy atom. The number of nitrogens with zero attached hydrogens (tertiary/aromatic N) is 1. The van der Waals surface area contributed by atoms with Crippen molar-refractivity contribution in [2.75, 3.05) is 7.11 Å². The number of carbonyl (C=O) groups excluding carboxylic acids is 1. The van der Waals surface area contributed by atoms with E-state index in [0.29, 0.717) is 17.1 Å². The lowest BCUT2D eigenvalue weighted by atomic mass is 10.1. The van der Waals surface area contributed by atoms with Crippen LogP contribution in [0.15, 0.2) is 66.7 Å². The van der Waals surface area contributed by atoms with Gasteiger partial charge in [0.25, 0.3) is 5.69 Å². The van der Waals surface area contributed by atoms with E-state index < -0.39 is 10.7 Å². The summed E-state index contributed by atoms with van der Waals surface area (Å²) in [7, 11) is 1.49. The molecule has 2 N–H and O–H groups in total. The van der Waals surface area contributed by atoms with Gasteiger partial charge in [-0.1, -0.05) is 12.1 Å². The number of methoxy groups -OCH3 is 1. The van der Waals surface area contributed by atoms with E-state index in [0.717, 1.165) is 11.6 Å². The van der Waals surface area contributed by atoms with Crippen LogP contribution in [0.1, 0.15) is 21.5 Å². The zero-order valence-electron chi connectivity index (χ0n) is 16.5. The number of hydrogen-bond donors (Lipinski definition) is 2. The molecule has 0 aliphatic rings. The standard InChI is InChI=1S/C23H19NO7/c1-30-23-12-15(4-10-20(26)19-9-8-18(25)13-21(19)27)5-11-22(23)31-14-16-2-6-17(7-3-16)24(28)29/h2-13,25,27H,14H2,1H3/b10-4+. The first kappa shape index (κ1) is 21.4. The van der Waals surface area contributed by atoms with Crippen molar-refractivity contribution < 1.29 is 29.4 Å². The van der Waals surface area contributed by atoms with E-state index in [-0.39, 0.29) is 29.4 Å². The van der Waals surface area contributed by atoms with Crippen molar-refractivity contribution in [3.8, 4) is 23.0 Å². The molecule has 0 radical (unpaired) electrons. The number of phenolic OH excluding ortho intramolecular Hbond substituents is 2. The second-order valence-corrected chi connectivity index (χ2v) is 6.52. The summed E-state index contributed by atoms with van der Waals surface area (Å²) >= 11 is 0. The van der Waals surface area contributed by atoms with Crippen LogP contribution in [0, 0.1) is 10.1 Å². The van der Waals surface area contributed by atoms with Gasteiger partial charge in [0.05, 0.1) is 17.6 Å². The van der Waals surface area contributed by atoms with Crippen LogP contribution >= 0.6 is 0 Å². The normalized spacial score (nSPS) is 10.7. The number of benzene rings is 3. The minimum atomic E-state index is -0.465. The third-order valence-corrected chi connectivity index (χ3v) is 4.40. The molecule has 0 spiro atoms. The molecule has 0 aromatic heterocycles. The van der Waals surface area contributed by atoms with Crippen LogP contribution in [-0.4, -0.2) is 28.0 Å². The molecule has 8 heteroatoms. The van der Waals surface area contributed by atoms with E-state index in [1.54, 1.807) is 36.4 Å². The van der Waals surface area contributed by atoms with Crippen LogP contribution in [-0.2, 0) is 6.61 Å². The van der Waals surface area contributed by atoms with Crippen LogP contribution in [0.3, 0.4) is 0 Å². The summed E-state index contributed by atoms with van der Waals surface area (Å²) in [5.41, 5.74) is 1.51. The molecular weight excluding hydrogens is 402 g/mol. The van der Waals surface area contributed by atoms with E-state index in [4.69, 9.17) is 9.47 Å². The Balaban J connectivity index is 1.69. The van der Waals surface area contributed by atoms with Gasteiger partial charge in [-0.3, -0.25) is 14.9 Å². The predicted molar refractivity (Wildman–Crippen MR) is 114 cm³/mol. The lowest BCUT2D eigenvalue weighted by molar-refractivity contribution is -0.384. The number of ketones is 1. The van der Waals surface area contributed by atoms with E-state index in [1.807, 2.05) is 0 Å². The van der Waals surface area contributed by atoms with Crippen LogP contribution in [0.2, 0.25) is 0 Å². The van der Waals surface area contributed by atoms with Gasteiger partial charge < -0.3 is 19.7 Å². The molecule has 3 rings (SSSR count). The molecular formula is C23H19NO7. The van der Waals surface area contributed by atoms with Crippen molar-refractivity contribution in [2.24, 2.45) is 0 Å². The zero-order valence-corrected chi connectivity index (χ0v) is 16.5.